The first-order valence-electron chi connectivity index (χ1n) is 9.53. The largest absolute Gasteiger partial charge is 0.493 e. The van der Waals surface area contributed by atoms with Gasteiger partial charge in [0.25, 0.3) is 0 Å². The fraction of sp³-hybridized carbons (Fsp3) is 0.190. The lowest BCUT2D eigenvalue weighted by atomic mass is 10.0. The minimum Gasteiger partial charge on any atom is -0.493 e. The number of hydrogen-bond acceptors (Lipinski definition) is 9. The molecule has 9 nitrogen and oxygen atoms in total. The number of pyridine rings is 2. The standard InChI is InChI=1S/C21H20Cl2N6O3/c1-30-16-6-14(24)11(19(25)10-4-15-21(29-7-10)31-3-2-28-15)5-17(16)32-20(26)18-12(22)8-27-9-13(18)23/h4-9,20,25,28H,2-3,24,26H2,1H3/t20-/m0/s1. The number of nitrogen functional groups attached to an aromatic ring is 1. The molecule has 1 aliphatic rings. The van der Waals surface area contributed by atoms with Crippen LogP contribution in [0.5, 0.6) is 17.4 Å². The van der Waals surface area contributed by atoms with Crippen molar-refractivity contribution >= 4 is 40.3 Å². The molecule has 3 aromatic rings. The average molecular weight is 475 g/mol. The van der Waals surface area contributed by atoms with Gasteiger partial charge < -0.3 is 25.3 Å². The second-order valence-corrected chi connectivity index (χ2v) is 7.69. The third-order valence-electron chi connectivity index (χ3n) is 4.83. The summed E-state index contributed by atoms with van der Waals surface area (Å²) in [5.74, 6) is 1.11. The summed E-state index contributed by atoms with van der Waals surface area (Å²) in [4.78, 5) is 8.20. The highest BCUT2D eigenvalue weighted by atomic mass is 35.5. The molecule has 166 valence electrons. The number of halogens is 2. The summed E-state index contributed by atoms with van der Waals surface area (Å²) in [5.41, 5.74) is 15.0. The Morgan fingerprint density at radius 2 is 1.94 bits per heavy atom. The number of nitrogens with zero attached hydrogens (tertiary/aromatic N) is 2. The number of benzene rings is 1. The summed E-state index contributed by atoms with van der Waals surface area (Å²) >= 11 is 12.4. The zero-order valence-corrected chi connectivity index (χ0v) is 18.5. The summed E-state index contributed by atoms with van der Waals surface area (Å²) in [6.45, 7) is 1.20. The maximum atomic E-state index is 8.70. The van der Waals surface area contributed by atoms with E-state index in [0.717, 1.165) is 0 Å². The molecule has 3 heterocycles. The molecule has 0 amide bonds. The van der Waals surface area contributed by atoms with Crippen molar-refractivity contribution in [2.24, 2.45) is 5.73 Å². The molecule has 0 aliphatic carbocycles. The van der Waals surface area contributed by atoms with E-state index in [2.05, 4.69) is 15.3 Å². The normalized spacial score (nSPS) is 13.4. The molecule has 1 aromatic carbocycles. The van der Waals surface area contributed by atoms with Gasteiger partial charge in [0.1, 0.15) is 6.61 Å². The third-order valence-corrected chi connectivity index (χ3v) is 5.43. The summed E-state index contributed by atoms with van der Waals surface area (Å²) in [7, 11) is 1.48. The summed E-state index contributed by atoms with van der Waals surface area (Å²) < 4.78 is 16.8. The first kappa shape index (κ1) is 21.9. The quantitative estimate of drug-likeness (QED) is 0.241. The minimum atomic E-state index is -1.01. The van der Waals surface area contributed by atoms with Crippen molar-refractivity contribution in [1.29, 1.82) is 5.41 Å². The van der Waals surface area contributed by atoms with E-state index < -0.39 is 6.23 Å². The van der Waals surface area contributed by atoms with E-state index in [1.54, 1.807) is 24.4 Å². The number of ether oxygens (including phenoxy) is 3. The van der Waals surface area contributed by atoms with Crippen molar-refractivity contribution in [3.63, 3.8) is 0 Å². The Bertz CT molecular complexity index is 1170. The van der Waals surface area contributed by atoms with Gasteiger partial charge in [-0.2, -0.15) is 0 Å². The van der Waals surface area contributed by atoms with Crippen LogP contribution in [0.3, 0.4) is 0 Å². The van der Waals surface area contributed by atoms with Crippen LogP contribution in [0.2, 0.25) is 10.0 Å². The highest BCUT2D eigenvalue weighted by molar-refractivity contribution is 6.35. The van der Waals surface area contributed by atoms with Gasteiger partial charge in [-0.3, -0.25) is 16.1 Å². The molecule has 1 atom stereocenters. The Balaban J connectivity index is 1.69. The molecule has 32 heavy (non-hydrogen) atoms. The van der Waals surface area contributed by atoms with Gasteiger partial charge in [0.15, 0.2) is 17.7 Å². The Hall–Kier alpha value is -3.27. The van der Waals surface area contributed by atoms with Gasteiger partial charge in [-0.05, 0) is 12.1 Å². The highest BCUT2D eigenvalue weighted by Crippen LogP contribution is 2.37. The minimum absolute atomic E-state index is 0.145. The molecule has 0 unspecified atom stereocenters. The lowest BCUT2D eigenvalue weighted by Crippen LogP contribution is -2.20. The molecule has 0 fully saturated rings. The van der Waals surface area contributed by atoms with Gasteiger partial charge in [0, 0.05) is 53.6 Å². The summed E-state index contributed by atoms with van der Waals surface area (Å²) in [5, 5.41) is 12.4. The van der Waals surface area contributed by atoms with Gasteiger partial charge in [-0.1, -0.05) is 23.2 Å². The number of nitrogens with one attached hydrogen (secondary N) is 2. The van der Waals surface area contributed by atoms with E-state index in [4.69, 9.17) is 54.3 Å². The maximum Gasteiger partial charge on any atom is 0.237 e. The molecule has 0 bridgehead atoms. The van der Waals surface area contributed by atoms with Crippen molar-refractivity contribution in [2.75, 3.05) is 31.3 Å². The van der Waals surface area contributed by atoms with Crippen LogP contribution in [0.4, 0.5) is 11.4 Å². The smallest absolute Gasteiger partial charge is 0.237 e. The number of anilines is 2. The van der Waals surface area contributed by atoms with Gasteiger partial charge in [-0.15, -0.1) is 0 Å². The molecule has 0 saturated heterocycles. The molecule has 0 saturated carbocycles. The Kier molecular flexibility index (Phi) is 6.22. The van der Waals surface area contributed by atoms with Crippen LogP contribution in [0, 0.1) is 5.41 Å². The molecular weight excluding hydrogens is 455 g/mol. The molecule has 0 spiro atoms. The van der Waals surface area contributed by atoms with Crippen molar-refractivity contribution < 1.29 is 14.2 Å². The van der Waals surface area contributed by atoms with Crippen molar-refractivity contribution in [3.8, 4) is 17.4 Å². The molecular formula is C21H20Cl2N6O3. The van der Waals surface area contributed by atoms with Crippen molar-refractivity contribution in [3.05, 3.63) is 63.5 Å². The maximum absolute atomic E-state index is 8.70. The number of rotatable bonds is 6. The third kappa shape index (κ3) is 4.22. The second kappa shape index (κ2) is 9.07. The molecule has 6 N–H and O–H groups in total. The van der Waals surface area contributed by atoms with Crippen LogP contribution in [0.1, 0.15) is 22.9 Å². The van der Waals surface area contributed by atoms with Gasteiger partial charge >= 0.3 is 0 Å². The Morgan fingerprint density at radius 1 is 1.19 bits per heavy atom. The van der Waals surface area contributed by atoms with E-state index >= 15 is 0 Å². The molecule has 4 rings (SSSR count). The molecule has 0 radical (unpaired) electrons. The van der Waals surface area contributed by atoms with E-state index in [1.165, 1.54) is 19.5 Å². The highest BCUT2D eigenvalue weighted by Gasteiger charge is 2.21. The van der Waals surface area contributed by atoms with Crippen molar-refractivity contribution in [2.45, 2.75) is 6.23 Å². The van der Waals surface area contributed by atoms with Crippen LogP contribution in [0.15, 0.2) is 36.8 Å². The topological polar surface area (TPSA) is 141 Å². The van der Waals surface area contributed by atoms with E-state index in [9.17, 15) is 0 Å². The molecule has 11 heteroatoms. The van der Waals surface area contributed by atoms with Crippen LogP contribution >= 0.6 is 23.2 Å². The monoisotopic (exact) mass is 474 g/mol. The zero-order chi connectivity index (χ0) is 22.8. The molecule has 2 aromatic heterocycles. The fourth-order valence-corrected chi connectivity index (χ4v) is 3.83. The lowest BCUT2D eigenvalue weighted by Gasteiger charge is -2.21. The number of methoxy groups -OCH3 is 1. The summed E-state index contributed by atoms with van der Waals surface area (Å²) in [6.07, 6.45) is 3.40. The first-order valence-corrected chi connectivity index (χ1v) is 10.3. The van der Waals surface area contributed by atoms with Crippen LogP contribution in [0.25, 0.3) is 0 Å². The zero-order valence-electron chi connectivity index (χ0n) is 17.0. The van der Waals surface area contributed by atoms with Gasteiger partial charge in [0.05, 0.1) is 28.6 Å². The fourth-order valence-electron chi connectivity index (χ4n) is 3.25. The van der Waals surface area contributed by atoms with Gasteiger partial charge in [-0.25, -0.2) is 4.98 Å². The molecule has 1 aliphatic heterocycles. The predicted molar refractivity (Wildman–Crippen MR) is 123 cm³/mol. The van der Waals surface area contributed by atoms with E-state index in [1.807, 2.05) is 0 Å². The van der Waals surface area contributed by atoms with E-state index in [0.29, 0.717) is 52.8 Å². The SMILES string of the molecule is COc1cc(N)c(C(=N)c2cnc3c(c2)NCCO3)cc1O[C@H](N)c1c(Cl)cncc1Cl. The second-order valence-electron chi connectivity index (χ2n) is 6.87. The Labute approximate surface area is 194 Å². The average Bonchev–Trinajstić information content (AvgIpc) is 2.79. The number of aromatic nitrogens is 2. The van der Waals surface area contributed by atoms with Crippen LogP contribution in [-0.2, 0) is 0 Å². The number of nitrogens with two attached hydrogens (primary N) is 2. The Morgan fingerprint density at radius 3 is 2.66 bits per heavy atom. The van der Waals surface area contributed by atoms with Crippen LogP contribution < -0.4 is 31.0 Å². The van der Waals surface area contributed by atoms with Crippen molar-refractivity contribution in [1.82, 2.24) is 9.97 Å². The first-order chi connectivity index (χ1) is 15.4. The predicted octanol–water partition coefficient (Wildman–Crippen LogP) is 3.63. The number of hydrogen-bond donors (Lipinski definition) is 4. The van der Waals surface area contributed by atoms with Gasteiger partial charge in [0.2, 0.25) is 5.88 Å². The van der Waals surface area contributed by atoms with E-state index in [-0.39, 0.29) is 21.5 Å². The van der Waals surface area contributed by atoms with Crippen LogP contribution in [-0.4, -0.2) is 35.9 Å². The summed E-state index contributed by atoms with van der Waals surface area (Å²) in [6, 6.07) is 4.94. The number of fused-ring (bicyclic) bond motifs is 1. The lowest BCUT2D eigenvalue weighted by molar-refractivity contribution is 0.204.